The number of rotatable bonds is 3. The van der Waals surface area contributed by atoms with Gasteiger partial charge in [-0.3, -0.25) is 9.59 Å². The molecule has 0 atom stereocenters. The monoisotopic (exact) mass is 388 g/mol. The minimum atomic E-state index is -0.359. The Bertz CT molecular complexity index is 890. The quantitative estimate of drug-likeness (QED) is 0.836. The highest BCUT2D eigenvalue weighted by Gasteiger charge is 2.20. The zero-order valence-electron chi connectivity index (χ0n) is 15.4. The van der Waals surface area contributed by atoms with Crippen LogP contribution in [0.2, 0.25) is 5.02 Å². The van der Waals surface area contributed by atoms with Gasteiger partial charge in [0.05, 0.1) is 5.02 Å². The molecule has 0 fully saturated rings. The van der Waals surface area contributed by atoms with Crippen LogP contribution in [0.1, 0.15) is 41.5 Å². The molecule has 0 saturated carbocycles. The van der Waals surface area contributed by atoms with E-state index < -0.39 is 0 Å². The lowest BCUT2D eigenvalue weighted by molar-refractivity contribution is 0.0918. The fourth-order valence-electron chi connectivity index (χ4n) is 2.60. The zero-order chi connectivity index (χ0) is 19.6. The van der Waals surface area contributed by atoms with Crippen LogP contribution in [0.25, 0.3) is 0 Å². The average Bonchev–Trinajstić information content (AvgIpc) is 2.60. The van der Waals surface area contributed by atoms with Crippen LogP contribution in [0.4, 0.5) is 5.69 Å². The number of carbonyl (C=O) groups is 2. The lowest BCUT2D eigenvalue weighted by Gasteiger charge is -2.21. The molecule has 2 amide bonds. The van der Waals surface area contributed by atoms with Crippen molar-refractivity contribution < 1.29 is 19.1 Å². The third-order valence-electron chi connectivity index (χ3n) is 3.73. The summed E-state index contributed by atoms with van der Waals surface area (Å²) >= 11 is 6.18. The van der Waals surface area contributed by atoms with Gasteiger partial charge in [-0.1, -0.05) is 17.7 Å². The first-order valence-corrected chi connectivity index (χ1v) is 8.94. The average molecular weight is 389 g/mol. The lowest BCUT2D eigenvalue weighted by Crippen LogP contribution is -2.40. The lowest BCUT2D eigenvalue weighted by atomic mass is 10.1. The fourth-order valence-corrected chi connectivity index (χ4v) is 2.86. The van der Waals surface area contributed by atoms with Crippen LogP contribution < -0.4 is 20.1 Å². The van der Waals surface area contributed by atoms with E-state index in [2.05, 4.69) is 10.6 Å². The molecular weight excluding hydrogens is 368 g/mol. The van der Waals surface area contributed by atoms with Crippen LogP contribution in [0, 0.1) is 0 Å². The Labute approximate surface area is 162 Å². The van der Waals surface area contributed by atoms with Gasteiger partial charge in [0.15, 0.2) is 11.5 Å². The third kappa shape index (κ3) is 4.71. The number of fused-ring (bicyclic) bond motifs is 1. The van der Waals surface area contributed by atoms with Crippen LogP contribution in [-0.2, 0) is 0 Å². The molecule has 0 spiro atoms. The van der Waals surface area contributed by atoms with Crippen LogP contribution in [0.3, 0.4) is 0 Å². The standard InChI is InChI=1S/C20H21ClN2O4/c1-20(2,3)23-19(25)12-5-4-6-14(9-12)22-18(24)13-10-15(21)17-16(11-13)26-7-8-27-17/h4-6,9-11H,7-8H2,1-3H3,(H,22,24)(H,23,25). The van der Waals surface area contributed by atoms with Gasteiger partial charge in [0.2, 0.25) is 0 Å². The molecule has 3 rings (SSSR count). The molecule has 0 saturated heterocycles. The topological polar surface area (TPSA) is 76.7 Å². The molecule has 7 heteroatoms. The van der Waals surface area contributed by atoms with Gasteiger partial charge in [0.1, 0.15) is 13.2 Å². The van der Waals surface area contributed by atoms with E-state index >= 15 is 0 Å². The molecule has 1 aliphatic heterocycles. The van der Waals surface area contributed by atoms with Gasteiger partial charge >= 0.3 is 0 Å². The van der Waals surface area contributed by atoms with E-state index in [1.54, 1.807) is 30.3 Å². The number of amides is 2. The number of hydrogen-bond acceptors (Lipinski definition) is 4. The number of ether oxygens (including phenoxy) is 2. The van der Waals surface area contributed by atoms with Crippen molar-refractivity contribution in [3.8, 4) is 11.5 Å². The number of nitrogens with one attached hydrogen (secondary N) is 2. The predicted molar refractivity (Wildman–Crippen MR) is 104 cm³/mol. The largest absolute Gasteiger partial charge is 0.486 e. The molecule has 0 bridgehead atoms. The predicted octanol–water partition coefficient (Wildman–Crippen LogP) is 3.89. The summed E-state index contributed by atoms with van der Waals surface area (Å²) in [5, 5.41) is 5.98. The van der Waals surface area contributed by atoms with Crippen molar-refractivity contribution in [3.63, 3.8) is 0 Å². The van der Waals surface area contributed by atoms with Crippen molar-refractivity contribution in [2.24, 2.45) is 0 Å². The first-order chi connectivity index (χ1) is 12.7. The Morgan fingerprint density at radius 2 is 1.74 bits per heavy atom. The van der Waals surface area contributed by atoms with E-state index in [-0.39, 0.29) is 17.4 Å². The number of hydrogen-bond donors (Lipinski definition) is 2. The molecule has 2 aromatic rings. The maximum Gasteiger partial charge on any atom is 0.255 e. The molecule has 0 unspecified atom stereocenters. The highest BCUT2D eigenvalue weighted by molar-refractivity contribution is 6.32. The summed E-state index contributed by atoms with van der Waals surface area (Å²) in [4.78, 5) is 24.9. The van der Waals surface area contributed by atoms with Crippen molar-refractivity contribution in [1.29, 1.82) is 0 Å². The smallest absolute Gasteiger partial charge is 0.255 e. The molecule has 0 aromatic heterocycles. The minimum absolute atomic E-state index is 0.207. The first-order valence-electron chi connectivity index (χ1n) is 8.56. The van der Waals surface area contributed by atoms with Crippen LogP contribution in [-0.4, -0.2) is 30.6 Å². The number of benzene rings is 2. The molecule has 27 heavy (non-hydrogen) atoms. The molecular formula is C20H21ClN2O4. The highest BCUT2D eigenvalue weighted by Crippen LogP contribution is 2.38. The maximum absolute atomic E-state index is 12.6. The second-order valence-corrected chi connectivity index (χ2v) is 7.63. The summed E-state index contributed by atoms with van der Waals surface area (Å²) in [7, 11) is 0. The van der Waals surface area contributed by atoms with Crippen molar-refractivity contribution in [1.82, 2.24) is 5.32 Å². The Kier molecular flexibility index (Phi) is 5.28. The molecule has 142 valence electrons. The van der Waals surface area contributed by atoms with E-state index in [1.165, 1.54) is 6.07 Å². The normalized spacial score (nSPS) is 13.0. The van der Waals surface area contributed by atoms with Gasteiger partial charge in [-0.05, 0) is 51.1 Å². The van der Waals surface area contributed by atoms with Crippen molar-refractivity contribution >= 4 is 29.1 Å². The summed E-state index contributed by atoms with van der Waals surface area (Å²) < 4.78 is 11.0. The number of carbonyl (C=O) groups excluding carboxylic acids is 2. The first kappa shape index (κ1) is 19.0. The van der Waals surface area contributed by atoms with Gasteiger partial charge in [0, 0.05) is 22.4 Å². The molecule has 6 nitrogen and oxygen atoms in total. The van der Waals surface area contributed by atoms with Gasteiger partial charge in [0.25, 0.3) is 11.8 Å². The van der Waals surface area contributed by atoms with Gasteiger partial charge in [-0.2, -0.15) is 0 Å². The molecule has 2 N–H and O–H groups in total. The SMILES string of the molecule is CC(C)(C)NC(=O)c1cccc(NC(=O)c2cc(Cl)c3c(c2)OCCO3)c1. The maximum atomic E-state index is 12.6. The number of anilines is 1. The highest BCUT2D eigenvalue weighted by atomic mass is 35.5. The number of halogens is 1. The van der Waals surface area contributed by atoms with E-state index in [4.69, 9.17) is 21.1 Å². The van der Waals surface area contributed by atoms with E-state index in [9.17, 15) is 9.59 Å². The van der Waals surface area contributed by atoms with Crippen molar-refractivity contribution in [3.05, 3.63) is 52.5 Å². The van der Waals surface area contributed by atoms with Gasteiger partial charge in [-0.25, -0.2) is 0 Å². The summed E-state index contributed by atoms with van der Waals surface area (Å²) in [6.45, 7) is 6.54. The zero-order valence-corrected chi connectivity index (χ0v) is 16.1. The van der Waals surface area contributed by atoms with Crippen molar-refractivity contribution in [2.75, 3.05) is 18.5 Å². The summed E-state index contributed by atoms with van der Waals surface area (Å²) in [6, 6.07) is 9.86. The fraction of sp³-hybridized carbons (Fsp3) is 0.300. The summed E-state index contributed by atoms with van der Waals surface area (Å²) in [6.07, 6.45) is 0. The van der Waals surface area contributed by atoms with Crippen molar-refractivity contribution in [2.45, 2.75) is 26.3 Å². The molecule has 1 aliphatic rings. The van der Waals surface area contributed by atoms with Crippen LogP contribution in [0.15, 0.2) is 36.4 Å². The third-order valence-corrected chi connectivity index (χ3v) is 4.01. The van der Waals surface area contributed by atoms with E-state index in [1.807, 2.05) is 20.8 Å². The Morgan fingerprint density at radius 3 is 2.48 bits per heavy atom. The molecule has 0 aliphatic carbocycles. The van der Waals surface area contributed by atoms with E-state index in [0.717, 1.165) is 0 Å². The Hall–Kier alpha value is -2.73. The molecule has 0 radical (unpaired) electrons. The Morgan fingerprint density at radius 1 is 1.00 bits per heavy atom. The van der Waals surface area contributed by atoms with Gasteiger partial charge < -0.3 is 20.1 Å². The van der Waals surface area contributed by atoms with Crippen LogP contribution >= 0.6 is 11.6 Å². The second kappa shape index (κ2) is 7.48. The van der Waals surface area contributed by atoms with Gasteiger partial charge in [-0.15, -0.1) is 0 Å². The van der Waals surface area contributed by atoms with E-state index in [0.29, 0.717) is 46.5 Å². The second-order valence-electron chi connectivity index (χ2n) is 7.22. The molecule has 2 aromatic carbocycles. The molecule has 1 heterocycles. The minimum Gasteiger partial charge on any atom is -0.486 e. The summed E-state index contributed by atoms with van der Waals surface area (Å²) in [5.74, 6) is 0.320. The Balaban J connectivity index is 1.78. The van der Waals surface area contributed by atoms with Crippen LogP contribution in [0.5, 0.6) is 11.5 Å². The summed E-state index contributed by atoms with van der Waals surface area (Å²) in [5.41, 5.74) is 0.961.